The minimum absolute atomic E-state index is 0.184. The number of benzene rings is 2. The second-order valence-corrected chi connectivity index (χ2v) is 6.63. The predicted molar refractivity (Wildman–Crippen MR) is 101 cm³/mol. The van der Waals surface area contributed by atoms with E-state index in [0.717, 1.165) is 0 Å². The Hall–Kier alpha value is -3.36. The molecule has 8 nitrogen and oxygen atoms in total. The van der Waals surface area contributed by atoms with E-state index >= 15 is 0 Å². The maximum absolute atomic E-state index is 13.4. The molecule has 1 saturated heterocycles. The summed E-state index contributed by atoms with van der Waals surface area (Å²) < 4.78 is 6.83. The number of morpholine rings is 1. The Kier molecular flexibility index (Phi) is 4.00. The lowest BCUT2D eigenvalue weighted by Crippen LogP contribution is -2.48. The molecule has 0 saturated carbocycles. The van der Waals surface area contributed by atoms with Gasteiger partial charge in [0.25, 0.3) is 0 Å². The van der Waals surface area contributed by atoms with Gasteiger partial charge < -0.3 is 10.2 Å². The molecule has 1 fully saturated rings. The third kappa shape index (κ3) is 2.62. The van der Waals surface area contributed by atoms with Gasteiger partial charge >= 0.3 is 0 Å². The lowest BCUT2D eigenvalue weighted by molar-refractivity contribution is 0.0182. The number of aromatic nitrogens is 3. The van der Waals surface area contributed by atoms with E-state index < -0.39 is 0 Å². The van der Waals surface area contributed by atoms with E-state index in [1.165, 1.54) is 4.68 Å². The molecular weight excluding hydrogens is 358 g/mol. The van der Waals surface area contributed by atoms with Crippen LogP contribution in [0.25, 0.3) is 16.7 Å². The molecule has 0 atom stereocenters. The maximum Gasteiger partial charge on any atom is 0.214 e. The van der Waals surface area contributed by atoms with E-state index in [2.05, 4.69) is 15.7 Å². The Morgan fingerprint density at radius 1 is 0.893 bits per heavy atom. The Labute approximate surface area is 160 Å². The first-order valence-corrected chi connectivity index (χ1v) is 9.07. The van der Waals surface area contributed by atoms with Crippen LogP contribution >= 0.6 is 0 Å². The zero-order valence-electron chi connectivity index (χ0n) is 15.0. The molecule has 28 heavy (non-hydrogen) atoms. The Morgan fingerprint density at radius 2 is 1.57 bits per heavy atom. The molecule has 5 rings (SSSR count). The van der Waals surface area contributed by atoms with E-state index in [1.807, 2.05) is 29.3 Å². The monoisotopic (exact) mass is 375 g/mol. The number of para-hydroxylation sites is 1. The first-order valence-electron chi connectivity index (χ1n) is 9.07. The van der Waals surface area contributed by atoms with Gasteiger partial charge in [0, 0.05) is 24.2 Å². The fraction of sp³-hybridized carbons (Fsp3) is 0.200. The van der Waals surface area contributed by atoms with E-state index in [0.29, 0.717) is 48.5 Å². The van der Waals surface area contributed by atoms with Crippen molar-refractivity contribution >= 4 is 28.3 Å². The summed E-state index contributed by atoms with van der Waals surface area (Å²) in [4.78, 5) is 26.7. The van der Waals surface area contributed by atoms with E-state index in [4.69, 9.17) is 4.74 Å². The number of ketones is 2. The maximum atomic E-state index is 13.4. The van der Waals surface area contributed by atoms with Gasteiger partial charge in [-0.3, -0.25) is 9.59 Å². The summed E-state index contributed by atoms with van der Waals surface area (Å²) in [6.07, 6.45) is 0. The first-order chi connectivity index (χ1) is 13.7. The number of fused-ring (bicyclic) bond motifs is 2. The average molecular weight is 375 g/mol. The van der Waals surface area contributed by atoms with Gasteiger partial charge in [-0.2, -0.15) is 0 Å². The Bertz CT molecular complexity index is 1130. The molecule has 2 heterocycles. The molecule has 0 bridgehead atoms. The van der Waals surface area contributed by atoms with Crippen LogP contribution in [0.4, 0.5) is 0 Å². The molecule has 1 aromatic heterocycles. The zero-order chi connectivity index (χ0) is 19.1. The smallest absolute Gasteiger partial charge is 0.214 e. The molecule has 0 unspecified atom stereocenters. The Morgan fingerprint density at radius 3 is 2.36 bits per heavy atom. The molecule has 3 aromatic rings. The largest absolute Gasteiger partial charge is 0.379 e. The van der Waals surface area contributed by atoms with Gasteiger partial charge in [0.15, 0.2) is 0 Å². The van der Waals surface area contributed by atoms with Crippen LogP contribution in [-0.2, 0) is 4.74 Å². The number of nitrogens with one attached hydrogen (secondary N) is 1. The number of carbonyl (C=O) groups excluding carboxylic acids is 2. The summed E-state index contributed by atoms with van der Waals surface area (Å²) in [6.45, 7) is 2.33. The molecule has 1 aliphatic heterocycles. The number of allylic oxidation sites excluding steroid dienone is 2. The molecule has 1 aliphatic carbocycles. The van der Waals surface area contributed by atoms with Crippen LogP contribution in [-0.4, -0.2) is 57.9 Å². The fourth-order valence-corrected chi connectivity index (χ4v) is 3.54. The van der Waals surface area contributed by atoms with Crippen molar-refractivity contribution in [3.8, 4) is 0 Å². The minimum atomic E-state index is -0.262. The minimum Gasteiger partial charge on any atom is -0.379 e. The predicted octanol–water partition coefficient (Wildman–Crippen LogP) is 1.52. The highest BCUT2D eigenvalue weighted by molar-refractivity contribution is 6.37. The summed E-state index contributed by atoms with van der Waals surface area (Å²) in [5.74, 6) is -0.502. The van der Waals surface area contributed by atoms with Crippen LogP contribution in [0, 0.1) is 0 Å². The van der Waals surface area contributed by atoms with Crippen LogP contribution in [0.2, 0.25) is 0 Å². The molecule has 2 aromatic carbocycles. The number of rotatable bonds is 3. The van der Waals surface area contributed by atoms with Gasteiger partial charge in [-0.25, -0.2) is 9.69 Å². The second kappa shape index (κ2) is 6.66. The SMILES string of the molecule is O=C1C(NN2CCOCC2)=C(n2nnc3ccccc32)C(=O)c2ccccc21. The third-order valence-electron chi connectivity index (χ3n) is 4.94. The standard InChI is InChI=1S/C20H17N5O3/c26-19-13-5-1-2-6-14(13)20(27)18(17(19)22-24-9-11-28-12-10-24)25-16-8-4-3-7-15(16)21-23-25/h1-8,22H,9-12H2. The van der Waals surface area contributed by atoms with Crippen molar-refractivity contribution in [2.24, 2.45) is 0 Å². The molecule has 2 aliphatic rings. The summed E-state index contributed by atoms with van der Waals surface area (Å²) in [6, 6.07) is 14.2. The van der Waals surface area contributed by atoms with Crippen molar-refractivity contribution in [1.82, 2.24) is 25.4 Å². The summed E-state index contributed by atoms with van der Waals surface area (Å²) >= 11 is 0. The number of carbonyl (C=O) groups is 2. The highest BCUT2D eigenvalue weighted by atomic mass is 16.5. The van der Waals surface area contributed by atoms with Crippen molar-refractivity contribution < 1.29 is 14.3 Å². The van der Waals surface area contributed by atoms with Gasteiger partial charge in [0.2, 0.25) is 11.6 Å². The number of Topliss-reactive ketones (excluding diaryl/α,β-unsaturated/α-hetero) is 2. The van der Waals surface area contributed by atoms with Crippen molar-refractivity contribution in [3.63, 3.8) is 0 Å². The van der Waals surface area contributed by atoms with Crippen LogP contribution in [0.15, 0.2) is 54.2 Å². The van der Waals surface area contributed by atoms with E-state index in [1.54, 1.807) is 24.3 Å². The molecule has 0 spiro atoms. The van der Waals surface area contributed by atoms with Gasteiger partial charge in [-0.05, 0) is 12.1 Å². The highest BCUT2D eigenvalue weighted by Gasteiger charge is 2.35. The first kappa shape index (κ1) is 16.8. The van der Waals surface area contributed by atoms with E-state index in [-0.39, 0.29) is 23.0 Å². The van der Waals surface area contributed by atoms with Gasteiger partial charge in [0.05, 0.1) is 18.7 Å². The van der Waals surface area contributed by atoms with Crippen LogP contribution in [0.5, 0.6) is 0 Å². The summed E-state index contributed by atoms with van der Waals surface area (Å²) in [5, 5.41) is 10.2. The molecule has 0 radical (unpaired) electrons. The van der Waals surface area contributed by atoms with Gasteiger partial charge in [-0.1, -0.05) is 41.6 Å². The van der Waals surface area contributed by atoms with Crippen LogP contribution < -0.4 is 5.43 Å². The lowest BCUT2D eigenvalue weighted by Gasteiger charge is -2.31. The Balaban J connectivity index is 1.70. The average Bonchev–Trinajstić information content (AvgIpc) is 3.17. The topological polar surface area (TPSA) is 89.3 Å². The normalized spacial score (nSPS) is 17.9. The van der Waals surface area contributed by atoms with Crippen LogP contribution in [0.3, 0.4) is 0 Å². The van der Waals surface area contributed by atoms with Crippen molar-refractivity contribution in [2.75, 3.05) is 26.3 Å². The van der Waals surface area contributed by atoms with Crippen molar-refractivity contribution in [2.45, 2.75) is 0 Å². The molecular formula is C20H17N5O3. The number of nitrogens with zero attached hydrogens (tertiary/aromatic N) is 4. The zero-order valence-corrected chi connectivity index (χ0v) is 15.0. The molecule has 8 heteroatoms. The number of ether oxygens (including phenoxy) is 1. The van der Waals surface area contributed by atoms with Gasteiger partial charge in [0.1, 0.15) is 16.9 Å². The lowest BCUT2D eigenvalue weighted by atomic mass is 9.90. The number of hydrogen-bond acceptors (Lipinski definition) is 7. The quantitative estimate of drug-likeness (QED) is 0.742. The molecule has 0 amide bonds. The van der Waals surface area contributed by atoms with Crippen molar-refractivity contribution in [3.05, 3.63) is 65.4 Å². The van der Waals surface area contributed by atoms with Crippen molar-refractivity contribution in [1.29, 1.82) is 0 Å². The highest BCUT2D eigenvalue weighted by Crippen LogP contribution is 2.29. The summed E-state index contributed by atoms with van der Waals surface area (Å²) in [7, 11) is 0. The number of hydrogen-bond donors (Lipinski definition) is 1. The van der Waals surface area contributed by atoms with Crippen LogP contribution in [0.1, 0.15) is 20.7 Å². The van der Waals surface area contributed by atoms with E-state index in [9.17, 15) is 9.59 Å². The summed E-state index contributed by atoms with van der Waals surface area (Å²) in [5.41, 5.74) is 5.62. The molecule has 1 N–H and O–H groups in total. The molecule has 140 valence electrons. The third-order valence-corrected chi connectivity index (χ3v) is 4.94. The fourth-order valence-electron chi connectivity index (χ4n) is 3.54. The van der Waals surface area contributed by atoms with Gasteiger partial charge in [-0.15, -0.1) is 5.10 Å². The number of hydrazine groups is 1. The second-order valence-electron chi connectivity index (χ2n) is 6.63.